The molecule has 2 nitrogen and oxygen atoms in total. The van der Waals surface area contributed by atoms with Crippen LogP contribution < -0.4 is 4.74 Å². The van der Waals surface area contributed by atoms with Crippen LogP contribution in [-0.4, -0.2) is 6.10 Å². The first kappa shape index (κ1) is 12.1. The first-order valence-corrected chi connectivity index (χ1v) is 7.14. The summed E-state index contributed by atoms with van der Waals surface area (Å²) in [7, 11) is 0. The Balaban J connectivity index is 2.34. The van der Waals surface area contributed by atoms with Crippen molar-refractivity contribution >= 4 is 45.0 Å². The van der Waals surface area contributed by atoms with Crippen LogP contribution in [0.3, 0.4) is 0 Å². The molecule has 1 aliphatic carbocycles. The van der Waals surface area contributed by atoms with Gasteiger partial charge in [0.2, 0.25) is 0 Å². The molecule has 0 saturated heterocycles. The predicted molar refractivity (Wildman–Crippen MR) is 80.0 cm³/mol. The highest BCUT2D eigenvalue weighted by Gasteiger charge is 2.27. The van der Waals surface area contributed by atoms with E-state index in [0.717, 1.165) is 27.2 Å². The van der Waals surface area contributed by atoms with Crippen LogP contribution in [0.5, 0.6) is 5.75 Å². The number of nitriles is 1. The smallest absolute Gasteiger partial charge is 0.146 e. The molecule has 2 aromatic carbocycles. The SMILES string of the molecule is N#Cc1c(I)c(Cl)c2ccccc2c1OC1CC1. The Kier molecular flexibility index (Phi) is 3.08. The Morgan fingerprint density at radius 3 is 2.56 bits per heavy atom. The topological polar surface area (TPSA) is 33.0 Å². The Hall–Kier alpha value is -0.990. The Labute approximate surface area is 124 Å². The van der Waals surface area contributed by atoms with Crippen molar-refractivity contribution in [1.29, 1.82) is 5.26 Å². The van der Waals surface area contributed by atoms with Crippen molar-refractivity contribution in [3.63, 3.8) is 0 Å². The maximum absolute atomic E-state index is 9.32. The zero-order valence-electron chi connectivity index (χ0n) is 9.41. The van der Waals surface area contributed by atoms with Gasteiger partial charge < -0.3 is 4.74 Å². The van der Waals surface area contributed by atoms with E-state index in [-0.39, 0.29) is 6.10 Å². The highest BCUT2D eigenvalue weighted by molar-refractivity contribution is 14.1. The highest BCUT2D eigenvalue weighted by atomic mass is 127. The molecule has 2 aromatic rings. The summed E-state index contributed by atoms with van der Waals surface area (Å²) in [5.74, 6) is 0.685. The number of benzene rings is 2. The minimum atomic E-state index is 0.262. The van der Waals surface area contributed by atoms with Crippen molar-refractivity contribution < 1.29 is 4.74 Å². The number of ether oxygens (including phenoxy) is 1. The second kappa shape index (κ2) is 4.60. The molecule has 4 heteroatoms. The molecule has 1 aliphatic rings. The van der Waals surface area contributed by atoms with Gasteiger partial charge in [-0.25, -0.2) is 0 Å². The Bertz CT molecular complexity index is 674. The molecule has 0 aliphatic heterocycles. The summed E-state index contributed by atoms with van der Waals surface area (Å²) >= 11 is 8.43. The van der Waals surface area contributed by atoms with Crippen molar-refractivity contribution in [2.45, 2.75) is 18.9 Å². The zero-order valence-corrected chi connectivity index (χ0v) is 12.3. The van der Waals surface area contributed by atoms with Gasteiger partial charge in [0.1, 0.15) is 17.4 Å². The molecule has 0 bridgehead atoms. The number of hydrogen-bond donors (Lipinski definition) is 0. The van der Waals surface area contributed by atoms with Gasteiger partial charge in [-0.2, -0.15) is 5.26 Å². The van der Waals surface area contributed by atoms with E-state index in [4.69, 9.17) is 16.3 Å². The van der Waals surface area contributed by atoms with Crippen LogP contribution >= 0.6 is 34.2 Å². The lowest BCUT2D eigenvalue weighted by Gasteiger charge is -2.13. The van der Waals surface area contributed by atoms with E-state index in [1.807, 2.05) is 24.3 Å². The van der Waals surface area contributed by atoms with Gasteiger partial charge in [0.05, 0.1) is 14.7 Å². The average Bonchev–Trinajstić information content (AvgIpc) is 3.20. The molecule has 0 spiro atoms. The monoisotopic (exact) mass is 369 g/mol. The highest BCUT2D eigenvalue weighted by Crippen LogP contribution is 2.41. The molecule has 0 unspecified atom stereocenters. The van der Waals surface area contributed by atoms with Crippen molar-refractivity contribution in [2.75, 3.05) is 0 Å². The van der Waals surface area contributed by atoms with E-state index >= 15 is 0 Å². The van der Waals surface area contributed by atoms with E-state index < -0.39 is 0 Å². The van der Waals surface area contributed by atoms with E-state index in [1.54, 1.807) is 0 Å². The molecule has 0 heterocycles. The second-order valence-electron chi connectivity index (χ2n) is 4.31. The molecule has 0 N–H and O–H groups in total. The second-order valence-corrected chi connectivity index (χ2v) is 5.76. The number of halogens is 2. The molecule has 0 aromatic heterocycles. The lowest BCUT2D eigenvalue weighted by molar-refractivity contribution is 0.306. The van der Waals surface area contributed by atoms with Crippen molar-refractivity contribution in [3.05, 3.63) is 38.4 Å². The van der Waals surface area contributed by atoms with Gasteiger partial charge in [0.15, 0.2) is 0 Å². The fourth-order valence-electron chi connectivity index (χ4n) is 1.91. The van der Waals surface area contributed by atoms with Crippen LogP contribution in [0, 0.1) is 14.9 Å². The number of nitrogens with zero attached hydrogens (tertiary/aromatic N) is 1. The molecule has 1 saturated carbocycles. The summed E-state index contributed by atoms with van der Waals surface area (Å²) < 4.78 is 6.68. The third-order valence-corrected chi connectivity index (χ3v) is 4.76. The van der Waals surface area contributed by atoms with E-state index in [2.05, 4.69) is 28.7 Å². The largest absolute Gasteiger partial charge is 0.488 e. The van der Waals surface area contributed by atoms with E-state index in [9.17, 15) is 5.26 Å². The van der Waals surface area contributed by atoms with Gasteiger partial charge in [-0.05, 0) is 35.4 Å². The van der Waals surface area contributed by atoms with Gasteiger partial charge in [-0.3, -0.25) is 0 Å². The third kappa shape index (κ3) is 1.94. The first-order valence-electron chi connectivity index (χ1n) is 5.69. The van der Waals surface area contributed by atoms with Gasteiger partial charge in [0, 0.05) is 10.8 Å². The number of hydrogen-bond acceptors (Lipinski definition) is 2. The van der Waals surface area contributed by atoms with Crippen molar-refractivity contribution in [1.82, 2.24) is 0 Å². The molecule has 1 fully saturated rings. The van der Waals surface area contributed by atoms with Crippen LogP contribution in [0.1, 0.15) is 18.4 Å². The van der Waals surface area contributed by atoms with Crippen molar-refractivity contribution in [2.24, 2.45) is 0 Å². The minimum Gasteiger partial charge on any atom is -0.488 e. The van der Waals surface area contributed by atoms with Gasteiger partial charge in [0.25, 0.3) is 0 Å². The molecular weight excluding hydrogens is 361 g/mol. The van der Waals surface area contributed by atoms with Crippen LogP contribution in [-0.2, 0) is 0 Å². The Morgan fingerprint density at radius 1 is 1.28 bits per heavy atom. The predicted octanol–water partition coefficient (Wildman–Crippen LogP) is 4.51. The van der Waals surface area contributed by atoms with E-state index in [1.165, 1.54) is 0 Å². The quantitative estimate of drug-likeness (QED) is 0.730. The van der Waals surface area contributed by atoms with Gasteiger partial charge >= 0.3 is 0 Å². The van der Waals surface area contributed by atoms with Crippen LogP contribution in [0.2, 0.25) is 5.02 Å². The molecule has 18 heavy (non-hydrogen) atoms. The molecule has 0 amide bonds. The first-order chi connectivity index (χ1) is 8.72. The number of rotatable bonds is 2. The van der Waals surface area contributed by atoms with Crippen LogP contribution in [0.25, 0.3) is 10.8 Å². The summed E-state index contributed by atoms with van der Waals surface area (Å²) in [6, 6.07) is 10.0. The maximum Gasteiger partial charge on any atom is 0.146 e. The third-order valence-electron chi connectivity index (χ3n) is 2.97. The molecule has 90 valence electrons. The lowest BCUT2D eigenvalue weighted by Crippen LogP contribution is -2.01. The normalized spacial score (nSPS) is 14.5. The maximum atomic E-state index is 9.32. The fourth-order valence-corrected chi connectivity index (χ4v) is 2.83. The summed E-state index contributed by atoms with van der Waals surface area (Å²) in [6.07, 6.45) is 2.40. The van der Waals surface area contributed by atoms with Gasteiger partial charge in [-0.1, -0.05) is 35.9 Å². The van der Waals surface area contributed by atoms with E-state index in [0.29, 0.717) is 16.3 Å². The number of fused-ring (bicyclic) bond motifs is 1. The zero-order chi connectivity index (χ0) is 12.7. The molecular formula is C14H9ClINO. The molecule has 0 atom stereocenters. The fraction of sp³-hybridized carbons (Fsp3) is 0.214. The Morgan fingerprint density at radius 2 is 1.94 bits per heavy atom. The van der Waals surface area contributed by atoms with Crippen LogP contribution in [0.15, 0.2) is 24.3 Å². The standard InChI is InChI=1S/C14H9ClINO/c15-12-9-3-1-2-4-10(9)14(18-8-5-6-8)11(7-17)13(12)16/h1-4,8H,5-6H2. The molecule has 0 radical (unpaired) electrons. The summed E-state index contributed by atoms with van der Waals surface area (Å²) in [5.41, 5.74) is 0.547. The summed E-state index contributed by atoms with van der Waals surface area (Å²) in [4.78, 5) is 0. The van der Waals surface area contributed by atoms with Gasteiger partial charge in [-0.15, -0.1) is 0 Å². The molecule has 3 rings (SSSR count). The van der Waals surface area contributed by atoms with Crippen LogP contribution in [0.4, 0.5) is 0 Å². The van der Waals surface area contributed by atoms with Crippen molar-refractivity contribution in [3.8, 4) is 11.8 Å². The minimum absolute atomic E-state index is 0.262. The summed E-state index contributed by atoms with van der Waals surface area (Å²) in [5, 5.41) is 11.8. The summed E-state index contributed by atoms with van der Waals surface area (Å²) in [6.45, 7) is 0. The average molecular weight is 370 g/mol. The lowest BCUT2D eigenvalue weighted by atomic mass is 10.1.